The van der Waals surface area contributed by atoms with E-state index in [4.69, 9.17) is 10.5 Å². The van der Waals surface area contributed by atoms with Gasteiger partial charge in [-0.2, -0.15) is 0 Å². The number of amides is 3. The fraction of sp³-hybridized carbons (Fsp3) is 0.897. The third-order valence-corrected chi connectivity index (χ3v) is 10.4. The van der Waals surface area contributed by atoms with Gasteiger partial charge in [-0.05, 0) is 56.8 Å². The number of carbonyl (C=O) groups excluding carboxylic acids is 3. The smallest absolute Gasteiger partial charge is 0.230 e. The van der Waals surface area contributed by atoms with E-state index in [1.807, 2.05) is 16.7 Å². The van der Waals surface area contributed by atoms with Crippen LogP contribution < -0.4 is 11.1 Å². The molecule has 8 nitrogen and oxygen atoms in total. The minimum atomic E-state index is -0.515. The summed E-state index contributed by atoms with van der Waals surface area (Å²) in [6.07, 6.45) is 9.85. The lowest BCUT2D eigenvalue weighted by Crippen LogP contribution is -2.75. The molecule has 0 bridgehead atoms. The van der Waals surface area contributed by atoms with Crippen LogP contribution in [-0.2, 0) is 19.1 Å². The van der Waals surface area contributed by atoms with Gasteiger partial charge in [-0.3, -0.25) is 14.4 Å². The average Bonchev–Trinajstić information content (AvgIpc) is 3.30. The highest BCUT2D eigenvalue weighted by atomic mass is 16.5. The lowest BCUT2D eigenvalue weighted by molar-refractivity contribution is -0.185. The summed E-state index contributed by atoms with van der Waals surface area (Å²) in [6, 6.07) is -0.375. The Labute approximate surface area is 222 Å². The molecule has 3 heterocycles. The van der Waals surface area contributed by atoms with Crippen LogP contribution in [0.2, 0.25) is 0 Å². The minimum absolute atomic E-state index is 0.00310. The van der Waals surface area contributed by atoms with Crippen LogP contribution in [0.1, 0.15) is 78.6 Å². The topological polar surface area (TPSA) is 105 Å². The van der Waals surface area contributed by atoms with Gasteiger partial charge in [0.2, 0.25) is 17.7 Å². The first-order chi connectivity index (χ1) is 17.7. The SMILES string of the molecule is C[C@@H](OCC1CCCCC1)[C@@H](C(=O)N1CCCCC1)C1N(C(=O)[C@H]2CC2(C)C)CC12CNCC2C(N)=O. The molecule has 0 aromatic rings. The number of piperidine rings is 1. The quantitative estimate of drug-likeness (QED) is 0.516. The molecule has 8 heteroatoms. The Morgan fingerprint density at radius 3 is 2.30 bits per heavy atom. The van der Waals surface area contributed by atoms with Crippen molar-refractivity contribution >= 4 is 17.7 Å². The summed E-state index contributed by atoms with van der Waals surface area (Å²) < 4.78 is 6.53. The molecule has 3 saturated heterocycles. The van der Waals surface area contributed by atoms with Gasteiger partial charge in [-0.15, -0.1) is 0 Å². The average molecular weight is 517 g/mol. The predicted octanol–water partition coefficient (Wildman–Crippen LogP) is 2.55. The van der Waals surface area contributed by atoms with Crippen LogP contribution >= 0.6 is 0 Å². The number of likely N-dealkylation sites (tertiary alicyclic amines) is 2. The van der Waals surface area contributed by atoms with E-state index in [1.54, 1.807) is 0 Å². The van der Waals surface area contributed by atoms with E-state index in [0.717, 1.165) is 38.8 Å². The second-order valence-corrected chi connectivity index (χ2v) is 13.4. The number of carbonyl (C=O) groups is 3. The Morgan fingerprint density at radius 2 is 1.68 bits per heavy atom. The van der Waals surface area contributed by atoms with Crippen molar-refractivity contribution in [3.63, 3.8) is 0 Å². The fourth-order valence-electron chi connectivity index (χ4n) is 7.86. The number of nitrogens with zero attached hydrogens (tertiary/aromatic N) is 2. The van der Waals surface area contributed by atoms with Crippen LogP contribution in [0.4, 0.5) is 0 Å². The molecule has 3 amide bonds. The second-order valence-electron chi connectivity index (χ2n) is 13.4. The first-order valence-corrected chi connectivity index (χ1v) is 14.9. The predicted molar refractivity (Wildman–Crippen MR) is 141 cm³/mol. The molecule has 0 radical (unpaired) electrons. The molecule has 2 saturated carbocycles. The van der Waals surface area contributed by atoms with Gasteiger partial charge >= 0.3 is 0 Å². The van der Waals surface area contributed by atoms with Gasteiger partial charge in [0.25, 0.3) is 0 Å². The first-order valence-electron chi connectivity index (χ1n) is 14.9. The van der Waals surface area contributed by atoms with Crippen LogP contribution in [0.3, 0.4) is 0 Å². The number of nitrogens with two attached hydrogens (primary N) is 1. The molecule has 5 rings (SSSR count). The van der Waals surface area contributed by atoms with Crippen molar-refractivity contribution in [2.75, 3.05) is 39.3 Å². The van der Waals surface area contributed by atoms with E-state index in [0.29, 0.717) is 32.2 Å². The van der Waals surface area contributed by atoms with Crippen LogP contribution in [0, 0.1) is 34.5 Å². The van der Waals surface area contributed by atoms with Crippen LogP contribution in [0.15, 0.2) is 0 Å². The lowest BCUT2D eigenvalue weighted by Gasteiger charge is -2.61. The number of hydrogen-bond donors (Lipinski definition) is 2. The normalized spacial score (nSPS) is 35.2. The number of hydrogen-bond acceptors (Lipinski definition) is 5. The van der Waals surface area contributed by atoms with Gasteiger partial charge in [0.1, 0.15) is 0 Å². The van der Waals surface area contributed by atoms with E-state index in [1.165, 1.54) is 32.1 Å². The second kappa shape index (κ2) is 10.5. The zero-order valence-electron chi connectivity index (χ0n) is 23.2. The summed E-state index contributed by atoms with van der Waals surface area (Å²) in [5.74, 6) is -0.492. The van der Waals surface area contributed by atoms with Crippen LogP contribution in [-0.4, -0.2) is 79.0 Å². The molecule has 6 atom stereocenters. The fourth-order valence-corrected chi connectivity index (χ4v) is 7.86. The van der Waals surface area contributed by atoms with Crippen molar-refractivity contribution in [1.82, 2.24) is 15.1 Å². The summed E-state index contributed by atoms with van der Waals surface area (Å²) in [5, 5.41) is 3.39. The van der Waals surface area contributed by atoms with Gasteiger partial charge < -0.3 is 25.6 Å². The molecule has 208 valence electrons. The van der Waals surface area contributed by atoms with E-state index in [-0.39, 0.29) is 41.2 Å². The molecule has 3 N–H and O–H groups in total. The summed E-state index contributed by atoms with van der Waals surface area (Å²) in [5.41, 5.74) is 5.41. The molecule has 1 spiro atoms. The monoisotopic (exact) mass is 516 g/mol. The molecule has 0 aromatic heterocycles. The summed E-state index contributed by atoms with van der Waals surface area (Å²) in [6.45, 7) is 10.1. The molecule has 5 fully saturated rings. The lowest BCUT2D eigenvalue weighted by atomic mass is 9.59. The highest BCUT2D eigenvalue weighted by Gasteiger charge is 2.68. The molecular formula is C29H48N4O4. The molecule has 0 aromatic carbocycles. The van der Waals surface area contributed by atoms with E-state index >= 15 is 0 Å². The van der Waals surface area contributed by atoms with Gasteiger partial charge in [0, 0.05) is 50.7 Å². The standard InChI is InChI=1S/C29H48N4O4/c1-19(37-16-20-10-6-4-7-11-20)23(27(36)32-12-8-5-9-13-32)24-29(17-31-15-22(29)25(30)34)18-33(24)26(35)21-14-28(21,2)3/h19-24,31H,4-18H2,1-3H3,(H2,30,34)/t19-,21-,22?,23-,24?,29?/m1/s1. The Morgan fingerprint density at radius 1 is 1.03 bits per heavy atom. The van der Waals surface area contributed by atoms with Crippen LogP contribution in [0.25, 0.3) is 0 Å². The zero-order chi connectivity index (χ0) is 26.4. The molecule has 37 heavy (non-hydrogen) atoms. The number of primary amides is 1. The van der Waals surface area contributed by atoms with Gasteiger partial charge in [-0.25, -0.2) is 0 Å². The van der Waals surface area contributed by atoms with Gasteiger partial charge in [0.15, 0.2) is 0 Å². The van der Waals surface area contributed by atoms with Crippen LogP contribution in [0.5, 0.6) is 0 Å². The highest BCUT2D eigenvalue weighted by molar-refractivity contribution is 5.88. The molecule has 2 aliphatic carbocycles. The maximum absolute atomic E-state index is 14.3. The third-order valence-electron chi connectivity index (χ3n) is 10.4. The Balaban J connectivity index is 1.45. The highest BCUT2D eigenvalue weighted by Crippen LogP contribution is 2.57. The minimum Gasteiger partial charge on any atom is -0.377 e. The van der Waals surface area contributed by atoms with Crippen molar-refractivity contribution < 1.29 is 19.1 Å². The van der Waals surface area contributed by atoms with E-state index < -0.39 is 17.3 Å². The Kier molecular flexibility index (Phi) is 7.62. The molecular weight excluding hydrogens is 468 g/mol. The van der Waals surface area contributed by atoms with Crippen molar-refractivity contribution in [1.29, 1.82) is 0 Å². The number of nitrogens with one attached hydrogen (secondary N) is 1. The molecule has 5 aliphatic rings. The summed E-state index contributed by atoms with van der Waals surface area (Å²) in [7, 11) is 0. The summed E-state index contributed by atoms with van der Waals surface area (Å²) in [4.78, 5) is 44.6. The van der Waals surface area contributed by atoms with Crippen molar-refractivity contribution in [2.24, 2.45) is 40.2 Å². The van der Waals surface area contributed by atoms with E-state index in [9.17, 15) is 14.4 Å². The van der Waals surface area contributed by atoms with Gasteiger partial charge in [0.05, 0.1) is 24.0 Å². The largest absolute Gasteiger partial charge is 0.377 e. The maximum atomic E-state index is 14.3. The Hall–Kier alpha value is -1.67. The van der Waals surface area contributed by atoms with Crippen molar-refractivity contribution in [3.8, 4) is 0 Å². The zero-order valence-corrected chi connectivity index (χ0v) is 23.2. The Bertz CT molecular complexity index is 881. The third kappa shape index (κ3) is 5.05. The number of rotatable bonds is 8. The first kappa shape index (κ1) is 26.9. The molecule has 3 unspecified atom stereocenters. The van der Waals surface area contributed by atoms with Crippen molar-refractivity contribution in [3.05, 3.63) is 0 Å². The molecule has 3 aliphatic heterocycles. The summed E-state index contributed by atoms with van der Waals surface area (Å²) >= 11 is 0. The van der Waals surface area contributed by atoms with E-state index in [2.05, 4.69) is 19.2 Å². The van der Waals surface area contributed by atoms with Gasteiger partial charge in [-0.1, -0.05) is 33.1 Å². The maximum Gasteiger partial charge on any atom is 0.230 e. The van der Waals surface area contributed by atoms with Crippen molar-refractivity contribution in [2.45, 2.75) is 90.7 Å². The number of ether oxygens (including phenoxy) is 1.